The van der Waals surface area contributed by atoms with E-state index in [2.05, 4.69) is 14.7 Å². The Morgan fingerprint density at radius 3 is 2.56 bits per heavy atom. The highest BCUT2D eigenvalue weighted by Crippen LogP contribution is 2.37. The molecule has 0 aliphatic carbocycles. The standard InChI is InChI=1S/C21H18F7N3O3/c1-19(17(23)9-33-18(29)31-19)13-6-11(2-4-14(13)22)7-16(32)15-5-3-12(8-30-15)34-10-20(24,25)21(26,27)28/h2-6,8,17H,7,9-10H2,1H3,(H2,29,31)/t17-,19+/m0/s1. The van der Waals surface area contributed by atoms with Gasteiger partial charge in [0.1, 0.15) is 29.4 Å². The second-order valence-electron chi connectivity index (χ2n) is 7.66. The zero-order valence-electron chi connectivity index (χ0n) is 17.5. The van der Waals surface area contributed by atoms with Crippen LogP contribution in [0, 0.1) is 5.82 Å². The molecule has 2 aromatic rings. The van der Waals surface area contributed by atoms with E-state index in [4.69, 9.17) is 10.5 Å². The number of amidine groups is 1. The largest absolute Gasteiger partial charge is 0.485 e. The summed E-state index contributed by atoms with van der Waals surface area (Å²) in [5.41, 5.74) is 3.83. The number of nitrogens with zero attached hydrogens (tertiary/aromatic N) is 2. The predicted octanol–water partition coefficient (Wildman–Crippen LogP) is 4.12. The smallest absolute Gasteiger partial charge is 0.456 e. The first-order chi connectivity index (χ1) is 15.7. The molecular weight excluding hydrogens is 475 g/mol. The molecule has 0 radical (unpaired) electrons. The number of hydrogen-bond donors (Lipinski definition) is 1. The van der Waals surface area contributed by atoms with Crippen LogP contribution in [0.1, 0.15) is 28.5 Å². The molecule has 0 saturated carbocycles. The Bertz CT molecular complexity index is 1090. The highest BCUT2D eigenvalue weighted by molar-refractivity contribution is 5.95. The Balaban J connectivity index is 1.73. The number of carbonyl (C=O) groups is 1. The number of alkyl halides is 6. The third kappa shape index (κ3) is 5.23. The molecule has 0 unspecified atom stereocenters. The van der Waals surface area contributed by atoms with Crippen LogP contribution in [0.5, 0.6) is 5.75 Å². The van der Waals surface area contributed by atoms with Crippen molar-refractivity contribution < 1.29 is 45.0 Å². The van der Waals surface area contributed by atoms with Crippen molar-refractivity contribution in [2.45, 2.75) is 37.2 Å². The van der Waals surface area contributed by atoms with Crippen molar-refractivity contribution in [2.24, 2.45) is 10.7 Å². The van der Waals surface area contributed by atoms with Crippen LogP contribution in [0.2, 0.25) is 0 Å². The number of hydrogen-bond acceptors (Lipinski definition) is 6. The maximum Gasteiger partial charge on any atom is 0.456 e. The maximum absolute atomic E-state index is 14.5. The summed E-state index contributed by atoms with van der Waals surface area (Å²) in [6, 6.07) is 5.39. The summed E-state index contributed by atoms with van der Waals surface area (Å²) in [5, 5.41) is 0. The Morgan fingerprint density at radius 2 is 1.94 bits per heavy atom. The summed E-state index contributed by atoms with van der Waals surface area (Å²) in [6.45, 7) is -1.04. The summed E-state index contributed by atoms with van der Waals surface area (Å²) < 4.78 is 101. The zero-order chi connectivity index (χ0) is 25.3. The van der Waals surface area contributed by atoms with Gasteiger partial charge < -0.3 is 15.2 Å². The van der Waals surface area contributed by atoms with Gasteiger partial charge in [-0.3, -0.25) is 4.79 Å². The van der Waals surface area contributed by atoms with E-state index in [-0.39, 0.29) is 23.7 Å². The molecule has 2 heterocycles. The van der Waals surface area contributed by atoms with Gasteiger partial charge in [-0.2, -0.15) is 22.0 Å². The van der Waals surface area contributed by atoms with Gasteiger partial charge in [0.15, 0.2) is 18.6 Å². The van der Waals surface area contributed by atoms with E-state index in [1.54, 1.807) is 0 Å². The quantitative estimate of drug-likeness (QED) is 0.463. The summed E-state index contributed by atoms with van der Waals surface area (Å²) in [5.74, 6) is -6.81. The van der Waals surface area contributed by atoms with E-state index in [0.29, 0.717) is 5.56 Å². The van der Waals surface area contributed by atoms with Gasteiger partial charge in [0.25, 0.3) is 6.02 Å². The number of aliphatic imine (C=N–C) groups is 1. The lowest BCUT2D eigenvalue weighted by atomic mass is 9.85. The van der Waals surface area contributed by atoms with E-state index in [9.17, 15) is 35.5 Å². The monoisotopic (exact) mass is 493 g/mol. The van der Waals surface area contributed by atoms with Crippen LogP contribution < -0.4 is 10.5 Å². The van der Waals surface area contributed by atoms with Crippen LogP contribution in [0.4, 0.5) is 30.7 Å². The third-order valence-electron chi connectivity index (χ3n) is 5.13. The van der Waals surface area contributed by atoms with E-state index in [1.807, 2.05) is 0 Å². The average Bonchev–Trinajstić information content (AvgIpc) is 2.76. The van der Waals surface area contributed by atoms with Crippen molar-refractivity contribution in [3.63, 3.8) is 0 Å². The zero-order valence-corrected chi connectivity index (χ0v) is 17.5. The molecule has 1 aliphatic rings. The van der Waals surface area contributed by atoms with Crippen molar-refractivity contribution in [1.29, 1.82) is 0 Å². The molecular formula is C21H18F7N3O3. The minimum absolute atomic E-state index is 0.140. The van der Waals surface area contributed by atoms with Crippen LogP contribution >= 0.6 is 0 Å². The second-order valence-corrected chi connectivity index (χ2v) is 7.66. The van der Waals surface area contributed by atoms with Crippen LogP contribution in [-0.4, -0.2) is 48.3 Å². The van der Waals surface area contributed by atoms with Crippen LogP contribution in [0.3, 0.4) is 0 Å². The number of pyridine rings is 1. The van der Waals surface area contributed by atoms with E-state index in [1.165, 1.54) is 19.1 Å². The van der Waals surface area contributed by atoms with Gasteiger partial charge in [0.2, 0.25) is 0 Å². The normalized spacial score (nSPS) is 20.9. The fourth-order valence-electron chi connectivity index (χ4n) is 3.11. The third-order valence-corrected chi connectivity index (χ3v) is 5.13. The molecule has 2 N–H and O–H groups in total. The van der Waals surface area contributed by atoms with E-state index in [0.717, 1.165) is 24.4 Å². The van der Waals surface area contributed by atoms with Crippen molar-refractivity contribution in [3.05, 3.63) is 59.2 Å². The number of halogens is 7. The number of carbonyl (C=O) groups excluding carboxylic acids is 1. The van der Waals surface area contributed by atoms with Gasteiger partial charge in [0.05, 0.1) is 6.20 Å². The fourth-order valence-corrected chi connectivity index (χ4v) is 3.11. The number of benzene rings is 1. The van der Waals surface area contributed by atoms with Gasteiger partial charge >= 0.3 is 12.1 Å². The van der Waals surface area contributed by atoms with Crippen molar-refractivity contribution in [1.82, 2.24) is 4.98 Å². The Kier molecular flexibility index (Phi) is 6.76. The Morgan fingerprint density at radius 1 is 1.24 bits per heavy atom. The van der Waals surface area contributed by atoms with Gasteiger partial charge in [0, 0.05) is 12.0 Å². The van der Waals surface area contributed by atoms with Crippen LogP contribution in [0.25, 0.3) is 0 Å². The predicted molar refractivity (Wildman–Crippen MR) is 105 cm³/mol. The minimum atomic E-state index is -5.77. The number of aromatic nitrogens is 1. The van der Waals surface area contributed by atoms with Crippen molar-refractivity contribution in [2.75, 3.05) is 13.2 Å². The Hall–Kier alpha value is -3.38. The molecule has 13 heteroatoms. The summed E-state index contributed by atoms with van der Waals surface area (Å²) in [4.78, 5) is 20.1. The minimum Gasteiger partial charge on any atom is -0.485 e. The lowest BCUT2D eigenvalue weighted by Crippen LogP contribution is -2.43. The van der Waals surface area contributed by atoms with Crippen LogP contribution in [0.15, 0.2) is 41.5 Å². The fraction of sp³-hybridized carbons (Fsp3) is 0.381. The number of ether oxygens (including phenoxy) is 2. The molecule has 0 spiro atoms. The molecule has 1 aliphatic heterocycles. The molecule has 184 valence electrons. The Labute approximate surface area is 188 Å². The molecule has 2 atom stereocenters. The second kappa shape index (κ2) is 9.11. The van der Waals surface area contributed by atoms with Gasteiger partial charge in [-0.05, 0) is 36.8 Å². The van der Waals surface area contributed by atoms with Crippen LogP contribution in [-0.2, 0) is 16.7 Å². The number of rotatable bonds is 7. The molecule has 0 bridgehead atoms. The highest BCUT2D eigenvalue weighted by Gasteiger charge is 2.58. The molecule has 0 fully saturated rings. The lowest BCUT2D eigenvalue weighted by Gasteiger charge is -2.33. The summed E-state index contributed by atoms with van der Waals surface area (Å²) in [6.07, 6.45) is -6.95. The van der Waals surface area contributed by atoms with E-state index < -0.39 is 54.4 Å². The average molecular weight is 493 g/mol. The SMILES string of the molecule is C[C@]1(c2cc(CC(=O)c3ccc(OCC(F)(F)C(F)(F)F)cn3)ccc2F)N=C(N)OC[C@@H]1F. The molecule has 0 saturated heterocycles. The summed E-state index contributed by atoms with van der Waals surface area (Å²) in [7, 11) is 0. The van der Waals surface area contributed by atoms with E-state index >= 15 is 0 Å². The van der Waals surface area contributed by atoms with Crippen molar-refractivity contribution >= 4 is 11.8 Å². The topological polar surface area (TPSA) is 86.8 Å². The first kappa shape index (κ1) is 25.2. The van der Waals surface area contributed by atoms with Gasteiger partial charge in [-0.1, -0.05) is 6.07 Å². The van der Waals surface area contributed by atoms with Gasteiger partial charge in [-0.15, -0.1) is 0 Å². The molecule has 1 aromatic heterocycles. The highest BCUT2D eigenvalue weighted by atomic mass is 19.4. The number of Topliss-reactive ketones (excluding diaryl/α,β-unsaturated/α-hetero) is 1. The van der Waals surface area contributed by atoms with Crippen molar-refractivity contribution in [3.8, 4) is 5.75 Å². The first-order valence-corrected chi connectivity index (χ1v) is 9.70. The molecule has 6 nitrogen and oxygen atoms in total. The number of nitrogens with two attached hydrogens (primary N) is 1. The molecule has 3 rings (SSSR count). The molecule has 0 amide bonds. The first-order valence-electron chi connectivity index (χ1n) is 9.70. The maximum atomic E-state index is 14.5. The molecule has 1 aromatic carbocycles. The van der Waals surface area contributed by atoms with Gasteiger partial charge in [-0.25, -0.2) is 18.8 Å². The lowest BCUT2D eigenvalue weighted by molar-refractivity contribution is -0.290. The number of ketones is 1. The molecule has 34 heavy (non-hydrogen) atoms. The summed E-state index contributed by atoms with van der Waals surface area (Å²) >= 11 is 0.